The van der Waals surface area contributed by atoms with Crippen molar-refractivity contribution in [2.24, 2.45) is 0 Å². The van der Waals surface area contributed by atoms with Crippen LogP contribution >= 0.6 is 0 Å². The van der Waals surface area contributed by atoms with Gasteiger partial charge in [-0.15, -0.1) is 0 Å². The van der Waals surface area contributed by atoms with Crippen molar-refractivity contribution >= 4 is 15.9 Å². The number of sulfonamides is 1. The summed E-state index contributed by atoms with van der Waals surface area (Å²) >= 11 is 0. The maximum atomic E-state index is 12.7. The van der Waals surface area contributed by atoms with Crippen LogP contribution in [0.25, 0.3) is 0 Å². The minimum absolute atomic E-state index is 0.0578. The molecule has 9 heteroatoms. The maximum Gasteiger partial charge on any atom is 0.241 e. The molecule has 1 saturated heterocycles. The van der Waals surface area contributed by atoms with Gasteiger partial charge in [0.25, 0.3) is 0 Å². The smallest absolute Gasteiger partial charge is 0.241 e. The molecule has 8 nitrogen and oxygen atoms in total. The highest BCUT2D eigenvalue weighted by molar-refractivity contribution is 7.89. The number of rotatable bonds is 6. The van der Waals surface area contributed by atoms with E-state index in [1.165, 1.54) is 0 Å². The Bertz CT molecular complexity index is 975. The Morgan fingerprint density at radius 2 is 2.14 bits per heavy atom. The van der Waals surface area contributed by atoms with Gasteiger partial charge in [-0.3, -0.25) is 15.2 Å². The minimum atomic E-state index is -3.62. The average Bonchev–Trinajstić information content (AvgIpc) is 3.28. The van der Waals surface area contributed by atoms with E-state index in [0.29, 0.717) is 19.5 Å². The molecule has 1 fully saturated rings. The summed E-state index contributed by atoms with van der Waals surface area (Å²) in [6, 6.07) is 10.6. The minimum Gasteiger partial charge on any atom is -0.337 e. The van der Waals surface area contributed by atoms with Gasteiger partial charge in [-0.25, -0.2) is 18.6 Å². The van der Waals surface area contributed by atoms with E-state index in [-0.39, 0.29) is 23.4 Å². The number of aromatic nitrogens is 1. The second-order valence-electron chi connectivity index (χ2n) is 7.32. The molecule has 2 aliphatic heterocycles. The first-order valence-corrected chi connectivity index (χ1v) is 11.3. The second kappa shape index (κ2) is 8.58. The molecule has 1 amide bonds. The molecule has 1 unspecified atom stereocenters. The van der Waals surface area contributed by atoms with Crippen molar-refractivity contribution in [1.82, 2.24) is 25.5 Å². The van der Waals surface area contributed by atoms with Gasteiger partial charge in [0.15, 0.2) is 0 Å². The van der Waals surface area contributed by atoms with E-state index in [2.05, 4.69) is 20.6 Å². The number of hydrogen-bond acceptors (Lipinski definition) is 6. The Hall–Kier alpha value is -2.33. The SMILES string of the molecule is O=C(C1CCNN1)N1CCc2ccc(S(=O)(=O)NCCc3ccccn3)cc2C1. The molecule has 1 aromatic carbocycles. The van der Waals surface area contributed by atoms with Crippen molar-refractivity contribution in [3.63, 3.8) is 0 Å². The predicted octanol–water partition coefficient (Wildman–Crippen LogP) is 0.354. The average molecular weight is 416 g/mol. The molecule has 154 valence electrons. The molecular formula is C20H25N5O3S. The van der Waals surface area contributed by atoms with Crippen LogP contribution in [0.1, 0.15) is 23.2 Å². The summed E-state index contributed by atoms with van der Waals surface area (Å²) < 4.78 is 28.0. The number of nitrogens with one attached hydrogen (secondary N) is 3. The molecular weight excluding hydrogens is 390 g/mol. The predicted molar refractivity (Wildman–Crippen MR) is 108 cm³/mol. The first-order chi connectivity index (χ1) is 14.0. The summed E-state index contributed by atoms with van der Waals surface area (Å²) in [6.07, 6.45) is 3.71. The molecule has 2 aliphatic rings. The summed E-state index contributed by atoms with van der Waals surface area (Å²) in [5.74, 6) is 0.0578. The topological polar surface area (TPSA) is 103 Å². The number of carbonyl (C=O) groups excluding carboxylic acids is 1. The number of amides is 1. The van der Waals surface area contributed by atoms with Gasteiger partial charge in [0.1, 0.15) is 6.04 Å². The zero-order valence-electron chi connectivity index (χ0n) is 16.1. The Morgan fingerprint density at radius 3 is 2.90 bits per heavy atom. The van der Waals surface area contributed by atoms with Crippen LogP contribution < -0.4 is 15.6 Å². The number of nitrogens with zero attached hydrogens (tertiary/aromatic N) is 2. The second-order valence-corrected chi connectivity index (χ2v) is 9.09. The molecule has 3 heterocycles. The van der Waals surface area contributed by atoms with Gasteiger partial charge < -0.3 is 4.90 Å². The van der Waals surface area contributed by atoms with Crippen molar-refractivity contribution in [1.29, 1.82) is 0 Å². The van der Waals surface area contributed by atoms with E-state index < -0.39 is 10.0 Å². The fourth-order valence-corrected chi connectivity index (χ4v) is 4.80. The first-order valence-electron chi connectivity index (χ1n) is 9.81. The summed E-state index contributed by atoms with van der Waals surface area (Å²) in [5, 5.41) is 0. The van der Waals surface area contributed by atoms with Crippen LogP contribution in [0.15, 0.2) is 47.5 Å². The molecule has 1 aromatic heterocycles. The summed E-state index contributed by atoms with van der Waals surface area (Å²) in [7, 11) is -3.62. The van der Waals surface area contributed by atoms with E-state index >= 15 is 0 Å². The van der Waals surface area contributed by atoms with Gasteiger partial charge in [0.05, 0.1) is 4.90 Å². The third-order valence-electron chi connectivity index (χ3n) is 5.34. The van der Waals surface area contributed by atoms with Gasteiger partial charge in [-0.1, -0.05) is 12.1 Å². The van der Waals surface area contributed by atoms with Crippen LogP contribution in [0.3, 0.4) is 0 Å². The van der Waals surface area contributed by atoms with Gasteiger partial charge in [0.2, 0.25) is 15.9 Å². The Balaban J connectivity index is 1.43. The lowest BCUT2D eigenvalue weighted by atomic mass is 9.99. The third-order valence-corrected chi connectivity index (χ3v) is 6.80. The monoisotopic (exact) mass is 415 g/mol. The number of hydrogen-bond donors (Lipinski definition) is 3. The van der Waals surface area contributed by atoms with Crippen molar-refractivity contribution in [3.05, 3.63) is 59.4 Å². The fraction of sp³-hybridized carbons (Fsp3) is 0.400. The van der Waals surface area contributed by atoms with Crippen LogP contribution in [0.2, 0.25) is 0 Å². The molecule has 0 saturated carbocycles. The first kappa shape index (κ1) is 20.0. The van der Waals surface area contributed by atoms with Crippen LogP contribution in [0.4, 0.5) is 0 Å². The largest absolute Gasteiger partial charge is 0.337 e. The van der Waals surface area contributed by atoms with Crippen LogP contribution in [-0.2, 0) is 34.2 Å². The molecule has 0 radical (unpaired) electrons. The van der Waals surface area contributed by atoms with Crippen LogP contribution in [-0.4, -0.2) is 49.9 Å². The molecule has 4 rings (SSSR count). The lowest BCUT2D eigenvalue weighted by molar-refractivity contribution is -0.134. The molecule has 3 N–H and O–H groups in total. The van der Waals surface area contributed by atoms with Gasteiger partial charge >= 0.3 is 0 Å². The summed E-state index contributed by atoms with van der Waals surface area (Å²) in [4.78, 5) is 18.9. The normalized spacial score (nSPS) is 19.2. The Kier molecular flexibility index (Phi) is 5.91. The summed E-state index contributed by atoms with van der Waals surface area (Å²) in [6.45, 7) is 2.14. The van der Waals surface area contributed by atoms with Crippen LogP contribution in [0, 0.1) is 0 Å². The van der Waals surface area contributed by atoms with Crippen LogP contribution in [0.5, 0.6) is 0 Å². The Morgan fingerprint density at radius 1 is 1.24 bits per heavy atom. The molecule has 29 heavy (non-hydrogen) atoms. The van der Waals surface area contributed by atoms with E-state index in [1.54, 1.807) is 23.2 Å². The van der Waals surface area contributed by atoms with Crippen molar-refractivity contribution in [2.75, 3.05) is 19.6 Å². The zero-order chi connectivity index (χ0) is 20.3. The van der Waals surface area contributed by atoms with E-state index in [9.17, 15) is 13.2 Å². The zero-order valence-corrected chi connectivity index (χ0v) is 16.9. The Labute approximate surface area is 170 Å². The number of hydrazine groups is 1. The fourth-order valence-electron chi connectivity index (χ4n) is 3.72. The van der Waals surface area contributed by atoms with E-state index in [0.717, 1.165) is 36.2 Å². The molecule has 1 atom stereocenters. The van der Waals surface area contributed by atoms with E-state index in [4.69, 9.17) is 0 Å². The molecule has 0 spiro atoms. The number of pyridine rings is 1. The maximum absolute atomic E-state index is 12.7. The van der Waals surface area contributed by atoms with Gasteiger partial charge in [-0.05, 0) is 48.2 Å². The number of fused-ring (bicyclic) bond motifs is 1. The number of benzene rings is 1. The number of carbonyl (C=O) groups is 1. The quantitative estimate of drug-likeness (QED) is 0.629. The van der Waals surface area contributed by atoms with Gasteiger partial charge in [0, 0.05) is 44.5 Å². The summed E-state index contributed by atoms with van der Waals surface area (Å²) in [5.41, 5.74) is 8.81. The van der Waals surface area contributed by atoms with Gasteiger partial charge in [-0.2, -0.15) is 0 Å². The lowest BCUT2D eigenvalue weighted by Gasteiger charge is -2.31. The van der Waals surface area contributed by atoms with Crippen molar-refractivity contribution in [3.8, 4) is 0 Å². The van der Waals surface area contributed by atoms with Crippen molar-refractivity contribution < 1.29 is 13.2 Å². The van der Waals surface area contributed by atoms with E-state index in [1.807, 2.05) is 24.3 Å². The molecule has 2 aromatic rings. The third kappa shape index (κ3) is 4.64. The van der Waals surface area contributed by atoms with Crippen molar-refractivity contribution in [2.45, 2.75) is 36.7 Å². The highest BCUT2D eigenvalue weighted by Crippen LogP contribution is 2.23. The lowest BCUT2D eigenvalue weighted by Crippen LogP contribution is -2.47. The molecule has 0 bridgehead atoms. The highest BCUT2D eigenvalue weighted by atomic mass is 32.2. The highest BCUT2D eigenvalue weighted by Gasteiger charge is 2.29. The standard InChI is InChI=1S/C20H25N5O3S/c26-20(19-7-10-22-24-19)25-12-8-15-4-5-18(13-16(15)14-25)29(27,28)23-11-6-17-3-1-2-9-21-17/h1-5,9,13,19,22-24H,6-8,10-12,14H2. The molecule has 0 aliphatic carbocycles.